The first kappa shape index (κ1) is 19.2. The van der Waals surface area contributed by atoms with Crippen molar-refractivity contribution in [2.45, 2.75) is 19.4 Å². The Bertz CT molecular complexity index is 625. The van der Waals surface area contributed by atoms with Crippen molar-refractivity contribution in [3.63, 3.8) is 0 Å². The summed E-state index contributed by atoms with van der Waals surface area (Å²) >= 11 is 0. The molecular formula is C17H22N2O5. The number of hydrogen-bond acceptors (Lipinski definition) is 4. The number of para-hydroxylation sites is 1. The number of aliphatic carboxylic acids is 1. The number of ether oxygens (including phenoxy) is 1. The van der Waals surface area contributed by atoms with Gasteiger partial charge in [-0.3, -0.25) is 9.59 Å². The van der Waals surface area contributed by atoms with Gasteiger partial charge in [-0.05, 0) is 25.5 Å². The Balaban J connectivity index is 2.86. The van der Waals surface area contributed by atoms with Crippen LogP contribution in [0.3, 0.4) is 0 Å². The average Bonchev–Trinajstić information content (AvgIpc) is 2.56. The fourth-order valence-electron chi connectivity index (χ4n) is 1.78. The first-order chi connectivity index (χ1) is 11.4. The zero-order valence-corrected chi connectivity index (χ0v) is 14.0. The second-order valence-electron chi connectivity index (χ2n) is 5.24. The maximum absolute atomic E-state index is 12.3. The molecule has 2 N–H and O–H groups in total. The van der Waals surface area contributed by atoms with Crippen molar-refractivity contribution in [2.75, 3.05) is 20.7 Å². The molecule has 0 aromatic heterocycles. The number of nitrogens with zero attached hydrogens (tertiary/aromatic N) is 1. The molecule has 0 bridgehead atoms. The molecule has 2 amide bonds. The second-order valence-corrected chi connectivity index (χ2v) is 5.24. The molecule has 0 saturated carbocycles. The lowest BCUT2D eigenvalue weighted by Gasteiger charge is -2.16. The van der Waals surface area contributed by atoms with E-state index in [1.165, 1.54) is 11.0 Å². The van der Waals surface area contributed by atoms with Crippen LogP contribution in [-0.2, 0) is 9.59 Å². The summed E-state index contributed by atoms with van der Waals surface area (Å²) in [5, 5.41) is 11.6. The zero-order valence-electron chi connectivity index (χ0n) is 14.0. The Labute approximate surface area is 140 Å². The first-order valence-corrected chi connectivity index (χ1v) is 7.43. The Morgan fingerprint density at radius 1 is 1.29 bits per heavy atom. The topological polar surface area (TPSA) is 95.9 Å². The van der Waals surface area contributed by atoms with E-state index in [4.69, 9.17) is 4.74 Å². The summed E-state index contributed by atoms with van der Waals surface area (Å²) in [6, 6.07) is 5.34. The fraction of sp³-hybridized carbons (Fsp3) is 0.353. The molecule has 0 aliphatic heterocycles. The molecule has 0 spiro atoms. The fourth-order valence-corrected chi connectivity index (χ4v) is 1.78. The molecule has 0 aliphatic carbocycles. The van der Waals surface area contributed by atoms with Crippen molar-refractivity contribution in [1.29, 1.82) is 0 Å². The highest BCUT2D eigenvalue weighted by molar-refractivity contribution is 5.99. The highest BCUT2D eigenvalue weighted by Crippen LogP contribution is 2.18. The number of nitrogens with one attached hydrogen (secondary N) is 1. The molecular weight excluding hydrogens is 312 g/mol. The minimum absolute atomic E-state index is 0.177. The highest BCUT2D eigenvalue weighted by Gasteiger charge is 2.21. The van der Waals surface area contributed by atoms with Gasteiger partial charge in [0.1, 0.15) is 11.8 Å². The summed E-state index contributed by atoms with van der Waals surface area (Å²) in [6.45, 7) is 1.56. The van der Waals surface area contributed by atoms with Gasteiger partial charge >= 0.3 is 5.97 Å². The van der Waals surface area contributed by atoms with E-state index in [0.717, 1.165) is 0 Å². The predicted molar refractivity (Wildman–Crippen MR) is 89.0 cm³/mol. The third kappa shape index (κ3) is 5.75. The number of amides is 2. The number of carboxylic acid groups (broad SMARTS) is 1. The summed E-state index contributed by atoms with van der Waals surface area (Å²) in [5.41, 5.74) is 0.177. The maximum atomic E-state index is 12.3. The van der Waals surface area contributed by atoms with Gasteiger partial charge in [0, 0.05) is 14.1 Å². The molecule has 7 heteroatoms. The van der Waals surface area contributed by atoms with Crippen LogP contribution in [0.1, 0.15) is 23.7 Å². The molecule has 0 heterocycles. The molecule has 24 heavy (non-hydrogen) atoms. The van der Waals surface area contributed by atoms with E-state index in [-0.39, 0.29) is 30.2 Å². The van der Waals surface area contributed by atoms with Crippen molar-refractivity contribution < 1.29 is 24.2 Å². The normalized spacial score (nSPS) is 11.8. The van der Waals surface area contributed by atoms with Crippen LogP contribution in [0.2, 0.25) is 0 Å². The van der Waals surface area contributed by atoms with E-state index in [9.17, 15) is 19.5 Å². The molecule has 7 nitrogen and oxygen atoms in total. The maximum Gasteiger partial charge on any atom is 0.326 e. The summed E-state index contributed by atoms with van der Waals surface area (Å²) in [7, 11) is 3.20. The molecule has 0 aliphatic rings. The van der Waals surface area contributed by atoms with E-state index in [2.05, 4.69) is 5.32 Å². The summed E-state index contributed by atoms with van der Waals surface area (Å²) < 4.78 is 5.39. The quantitative estimate of drug-likeness (QED) is 0.699. The van der Waals surface area contributed by atoms with Crippen molar-refractivity contribution in [1.82, 2.24) is 10.2 Å². The van der Waals surface area contributed by atoms with Crippen LogP contribution in [0.5, 0.6) is 5.75 Å². The minimum Gasteiger partial charge on any atom is -0.483 e. The van der Waals surface area contributed by atoms with Crippen LogP contribution in [-0.4, -0.2) is 54.5 Å². The van der Waals surface area contributed by atoms with Crippen LogP contribution in [0.4, 0.5) is 0 Å². The van der Waals surface area contributed by atoms with Crippen LogP contribution in [0.25, 0.3) is 0 Å². The molecule has 130 valence electrons. The number of carbonyl (C=O) groups is 3. The standard InChI is InChI=1S/C17H22N2O5/c1-4-5-9-13(17(22)23)18-16(21)12-8-6-7-10-14(12)24-11-15(20)19(2)3/h4-8,10,13H,9,11H2,1-3H3,(H,18,21)(H,22,23)/b5-4+. The highest BCUT2D eigenvalue weighted by atomic mass is 16.5. The number of benzene rings is 1. The number of carbonyl (C=O) groups excluding carboxylic acids is 2. The van der Waals surface area contributed by atoms with Gasteiger partial charge in [-0.2, -0.15) is 0 Å². The van der Waals surface area contributed by atoms with Crippen LogP contribution in [0, 0.1) is 0 Å². The average molecular weight is 334 g/mol. The molecule has 1 atom stereocenters. The van der Waals surface area contributed by atoms with E-state index < -0.39 is 17.9 Å². The first-order valence-electron chi connectivity index (χ1n) is 7.43. The van der Waals surface area contributed by atoms with Gasteiger partial charge in [0.05, 0.1) is 5.56 Å². The van der Waals surface area contributed by atoms with Gasteiger partial charge in [-0.25, -0.2) is 4.79 Å². The summed E-state index contributed by atoms with van der Waals surface area (Å²) in [5.74, 6) is -1.72. The number of rotatable bonds is 8. The van der Waals surface area contributed by atoms with E-state index in [1.807, 2.05) is 0 Å². The lowest BCUT2D eigenvalue weighted by molar-refractivity contribution is -0.139. The molecule has 0 saturated heterocycles. The van der Waals surface area contributed by atoms with Crippen LogP contribution in [0.15, 0.2) is 36.4 Å². The molecule has 0 radical (unpaired) electrons. The Kier molecular flexibility index (Phi) is 7.48. The predicted octanol–water partition coefficient (Wildman–Crippen LogP) is 1.30. The number of hydrogen-bond donors (Lipinski definition) is 2. The Morgan fingerprint density at radius 2 is 1.96 bits per heavy atom. The monoisotopic (exact) mass is 334 g/mol. The number of likely N-dealkylation sites (N-methyl/N-ethyl adjacent to an activating group) is 1. The zero-order chi connectivity index (χ0) is 18.1. The molecule has 0 fully saturated rings. The third-order valence-corrected chi connectivity index (χ3v) is 3.19. The van der Waals surface area contributed by atoms with E-state index in [0.29, 0.717) is 0 Å². The van der Waals surface area contributed by atoms with Gasteiger partial charge in [-0.15, -0.1) is 0 Å². The second kappa shape index (κ2) is 9.34. The van der Waals surface area contributed by atoms with Crippen molar-refractivity contribution in [3.05, 3.63) is 42.0 Å². The van der Waals surface area contributed by atoms with Gasteiger partial charge in [0.25, 0.3) is 11.8 Å². The largest absolute Gasteiger partial charge is 0.483 e. The van der Waals surface area contributed by atoms with Gasteiger partial charge in [-0.1, -0.05) is 24.3 Å². The molecule has 1 aromatic rings. The molecule has 1 rings (SSSR count). The number of allylic oxidation sites excluding steroid dienone is 1. The lowest BCUT2D eigenvalue weighted by atomic mass is 10.1. The van der Waals surface area contributed by atoms with Crippen LogP contribution >= 0.6 is 0 Å². The Morgan fingerprint density at radius 3 is 2.54 bits per heavy atom. The summed E-state index contributed by atoms with van der Waals surface area (Å²) in [6.07, 6.45) is 3.56. The SMILES string of the molecule is C/C=C/CC(NC(=O)c1ccccc1OCC(=O)N(C)C)C(=O)O. The van der Waals surface area contributed by atoms with Crippen molar-refractivity contribution in [2.24, 2.45) is 0 Å². The Hall–Kier alpha value is -2.83. The van der Waals surface area contributed by atoms with Crippen LogP contribution < -0.4 is 10.1 Å². The third-order valence-electron chi connectivity index (χ3n) is 3.19. The van der Waals surface area contributed by atoms with Gasteiger partial charge in [0.15, 0.2) is 6.61 Å². The van der Waals surface area contributed by atoms with E-state index in [1.54, 1.807) is 51.4 Å². The van der Waals surface area contributed by atoms with Gasteiger partial charge < -0.3 is 20.1 Å². The van der Waals surface area contributed by atoms with Crippen molar-refractivity contribution in [3.8, 4) is 5.75 Å². The van der Waals surface area contributed by atoms with Crippen molar-refractivity contribution >= 4 is 17.8 Å². The lowest BCUT2D eigenvalue weighted by Crippen LogP contribution is -2.40. The molecule has 1 unspecified atom stereocenters. The van der Waals surface area contributed by atoms with E-state index >= 15 is 0 Å². The number of carboxylic acids is 1. The van der Waals surface area contributed by atoms with Gasteiger partial charge in [0.2, 0.25) is 0 Å². The smallest absolute Gasteiger partial charge is 0.326 e. The molecule has 1 aromatic carbocycles. The minimum atomic E-state index is -1.12. The summed E-state index contributed by atoms with van der Waals surface area (Å²) in [4.78, 5) is 36.5.